The zero-order valence-corrected chi connectivity index (χ0v) is 19.1. The highest BCUT2D eigenvalue weighted by atomic mass is 19.1. The smallest absolute Gasteiger partial charge is 0.297 e. The van der Waals surface area contributed by atoms with Crippen molar-refractivity contribution in [3.8, 4) is 22.6 Å². The number of aromatic amines is 1. The van der Waals surface area contributed by atoms with Crippen LogP contribution in [0.15, 0.2) is 34.7 Å². The predicted molar refractivity (Wildman–Crippen MR) is 122 cm³/mol. The fourth-order valence-corrected chi connectivity index (χ4v) is 3.86. The lowest BCUT2D eigenvalue weighted by atomic mass is 9.88. The van der Waals surface area contributed by atoms with Gasteiger partial charge in [-0.2, -0.15) is 4.98 Å². The summed E-state index contributed by atoms with van der Waals surface area (Å²) in [6, 6.07) is 7.44. The van der Waals surface area contributed by atoms with Crippen LogP contribution in [0.4, 0.5) is 14.8 Å². The average molecular weight is 469 g/mol. The van der Waals surface area contributed by atoms with E-state index in [2.05, 4.69) is 25.3 Å². The number of nitrogens with one attached hydrogen (secondary N) is 2. The predicted octanol–water partition coefficient (Wildman–Crippen LogP) is 4.68. The second kappa shape index (κ2) is 8.77. The number of ether oxygens (including phenoxy) is 2. The van der Waals surface area contributed by atoms with E-state index in [1.807, 2.05) is 13.8 Å². The Hall–Kier alpha value is -3.37. The molecule has 10 heteroatoms. The Balaban J connectivity index is 1.54. The van der Waals surface area contributed by atoms with E-state index in [4.69, 9.17) is 13.9 Å². The van der Waals surface area contributed by atoms with Gasteiger partial charge in [0.05, 0.1) is 30.0 Å². The number of anilines is 1. The second-order valence-corrected chi connectivity index (χ2v) is 8.85. The van der Waals surface area contributed by atoms with Gasteiger partial charge >= 0.3 is 0 Å². The van der Waals surface area contributed by atoms with Crippen molar-refractivity contribution in [2.75, 3.05) is 32.2 Å². The van der Waals surface area contributed by atoms with Crippen LogP contribution < -0.4 is 5.32 Å². The number of halogens is 2. The SMILES string of the molecule is COCCC(C)Nc1nc2ccc(-c3[nH]c(C4(C)COC4)nc3-c3ccc(F)cc3F)nc2o1. The number of rotatable bonds is 8. The molecular formula is C24H25F2N5O3. The van der Waals surface area contributed by atoms with Crippen LogP contribution in [0.25, 0.3) is 33.9 Å². The van der Waals surface area contributed by atoms with E-state index in [1.54, 1.807) is 19.2 Å². The lowest BCUT2D eigenvalue weighted by molar-refractivity contribution is -0.0539. The molecule has 1 atom stereocenters. The van der Waals surface area contributed by atoms with Crippen molar-refractivity contribution in [3.63, 3.8) is 0 Å². The largest absolute Gasteiger partial charge is 0.404 e. The number of oxazole rings is 1. The van der Waals surface area contributed by atoms with E-state index in [0.29, 0.717) is 60.0 Å². The van der Waals surface area contributed by atoms with Crippen LogP contribution in [-0.2, 0) is 14.9 Å². The van der Waals surface area contributed by atoms with Crippen molar-refractivity contribution in [2.24, 2.45) is 0 Å². The molecule has 0 aliphatic carbocycles. The number of methoxy groups -OCH3 is 1. The van der Waals surface area contributed by atoms with Gasteiger partial charge in [-0.25, -0.2) is 18.7 Å². The van der Waals surface area contributed by atoms with Crippen molar-refractivity contribution in [3.05, 3.63) is 47.8 Å². The quantitative estimate of drug-likeness (QED) is 0.387. The molecule has 0 bridgehead atoms. The van der Waals surface area contributed by atoms with Crippen molar-refractivity contribution in [1.29, 1.82) is 0 Å². The van der Waals surface area contributed by atoms with E-state index in [0.717, 1.165) is 12.5 Å². The standard InChI is InChI=1S/C24H25F2N5O3/c1-13(8-9-32-3)27-23-29-18-7-6-17(28-21(18)34-23)20-19(15-5-4-14(25)10-16(15)26)30-22(31-20)24(2)11-33-12-24/h4-7,10,13H,8-9,11-12H2,1-3H3,(H,27,29)(H,30,31). The molecule has 5 rings (SSSR count). The van der Waals surface area contributed by atoms with Gasteiger partial charge in [0.15, 0.2) is 0 Å². The van der Waals surface area contributed by atoms with Crippen molar-refractivity contribution < 1.29 is 22.7 Å². The Labute approximate surface area is 194 Å². The van der Waals surface area contributed by atoms with Gasteiger partial charge in [-0.15, -0.1) is 0 Å². The molecule has 1 aliphatic rings. The average Bonchev–Trinajstić information content (AvgIpc) is 3.39. The first-order valence-electron chi connectivity index (χ1n) is 11.0. The summed E-state index contributed by atoms with van der Waals surface area (Å²) < 4.78 is 44.6. The van der Waals surface area contributed by atoms with Gasteiger partial charge in [0.2, 0.25) is 5.71 Å². The second-order valence-electron chi connectivity index (χ2n) is 8.85. The summed E-state index contributed by atoms with van der Waals surface area (Å²) >= 11 is 0. The van der Waals surface area contributed by atoms with Gasteiger partial charge in [-0.3, -0.25) is 0 Å². The zero-order chi connectivity index (χ0) is 23.9. The van der Waals surface area contributed by atoms with Crippen LogP contribution in [-0.4, -0.2) is 52.9 Å². The van der Waals surface area contributed by atoms with Gasteiger partial charge in [0.1, 0.15) is 28.7 Å². The molecule has 2 N–H and O–H groups in total. The summed E-state index contributed by atoms with van der Waals surface area (Å²) in [4.78, 5) is 17.0. The molecule has 4 aromatic rings. The normalized spacial score (nSPS) is 15.9. The minimum atomic E-state index is -0.702. The summed E-state index contributed by atoms with van der Waals surface area (Å²) in [5, 5.41) is 3.20. The topological polar surface area (TPSA) is 98.1 Å². The third kappa shape index (κ3) is 4.14. The molecule has 34 heavy (non-hydrogen) atoms. The van der Waals surface area contributed by atoms with Gasteiger partial charge < -0.3 is 24.2 Å². The minimum Gasteiger partial charge on any atom is -0.404 e. The number of hydrogen-bond donors (Lipinski definition) is 2. The van der Waals surface area contributed by atoms with Crippen molar-refractivity contribution >= 4 is 17.2 Å². The molecule has 1 saturated heterocycles. The molecule has 178 valence electrons. The molecular weight excluding hydrogens is 444 g/mol. The summed E-state index contributed by atoms with van der Waals surface area (Å²) in [6.07, 6.45) is 0.792. The maximum absolute atomic E-state index is 14.7. The number of fused-ring (bicyclic) bond motifs is 1. The number of aromatic nitrogens is 4. The molecule has 0 amide bonds. The lowest BCUT2D eigenvalue weighted by Crippen LogP contribution is -2.44. The molecule has 3 aromatic heterocycles. The number of imidazole rings is 1. The monoisotopic (exact) mass is 469 g/mol. The Morgan fingerprint density at radius 1 is 1.18 bits per heavy atom. The van der Waals surface area contributed by atoms with Crippen LogP contribution >= 0.6 is 0 Å². The molecule has 8 nitrogen and oxygen atoms in total. The maximum Gasteiger partial charge on any atom is 0.297 e. The van der Waals surface area contributed by atoms with Gasteiger partial charge in [-0.1, -0.05) is 0 Å². The number of H-pyrrole nitrogens is 1. The van der Waals surface area contributed by atoms with Crippen LogP contribution in [0.5, 0.6) is 0 Å². The highest BCUT2D eigenvalue weighted by Crippen LogP contribution is 2.37. The lowest BCUT2D eigenvalue weighted by Gasteiger charge is -2.36. The fourth-order valence-electron chi connectivity index (χ4n) is 3.86. The minimum absolute atomic E-state index is 0.0983. The summed E-state index contributed by atoms with van der Waals surface area (Å²) in [7, 11) is 1.66. The van der Waals surface area contributed by atoms with Crippen LogP contribution in [0, 0.1) is 11.6 Å². The third-order valence-corrected chi connectivity index (χ3v) is 5.94. The summed E-state index contributed by atoms with van der Waals surface area (Å²) in [5.41, 5.74) is 2.13. The van der Waals surface area contributed by atoms with Gasteiger partial charge in [-0.05, 0) is 44.5 Å². The number of hydrogen-bond acceptors (Lipinski definition) is 7. The van der Waals surface area contributed by atoms with E-state index in [-0.39, 0.29) is 17.0 Å². The molecule has 1 aromatic carbocycles. The van der Waals surface area contributed by atoms with Crippen LogP contribution in [0.1, 0.15) is 26.1 Å². The Morgan fingerprint density at radius 3 is 2.71 bits per heavy atom. The van der Waals surface area contributed by atoms with Crippen molar-refractivity contribution in [1.82, 2.24) is 19.9 Å². The van der Waals surface area contributed by atoms with E-state index in [9.17, 15) is 8.78 Å². The van der Waals surface area contributed by atoms with Gasteiger partial charge in [0, 0.05) is 31.4 Å². The van der Waals surface area contributed by atoms with Crippen LogP contribution in [0.2, 0.25) is 0 Å². The highest BCUT2D eigenvalue weighted by molar-refractivity contribution is 5.81. The molecule has 0 saturated carbocycles. The Kier molecular flexibility index (Phi) is 5.78. The first-order chi connectivity index (χ1) is 16.4. The molecule has 1 unspecified atom stereocenters. The molecule has 4 heterocycles. The van der Waals surface area contributed by atoms with Crippen molar-refractivity contribution in [2.45, 2.75) is 31.7 Å². The summed E-state index contributed by atoms with van der Waals surface area (Å²) in [5.74, 6) is -0.702. The van der Waals surface area contributed by atoms with E-state index in [1.165, 1.54) is 12.1 Å². The first-order valence-corrected chi connectivity index (χ1v) is 11.0. The van der Waals surface area contributed by atoms with Crippen LogP contribution in [0.3, 0.4) is 0 Å². The Bertz CT molecular complexity index is 1330. The molecule has 0 radical (unpaired) electrons. The number of nitrogens with zero attached hydrogens (tertiary/aromatic N) is 3. The zero-order valence-electron chi connectivity index (χ0n) is 19.1. The Morgan fingerprint density at radius 2 is 2.00 bits per heavy atom. The van der Waals surface area contributed by atoms with Gasteiger partial charge in [0.25, 0.3) is 6.01 Å². The van der Waals surface area contributed by atoms with E-state index < -0.39 is 11.6 Å². The first kappa shape index (κ1) is 22.4. The molecule has 0 spiro atoms. The van der Waals surface area contributed by atoms with E-state index >= 15 is 0 Å². The third-order valence-electron chi connectivity index (χ3n) is 5.94. The highest BCUT2D eigenvalue weighted by Gasteiger charge is 2.39. The number of pyridine rings is 1. The number of benzene rings is 1. The maximum atomic E-state index is 14.7. The fraction of sp³-hybridized carbons (Fsp3) is 0.375. The molecule has 1 aliphatic heterocycles. The summed E-state index contributed by atoms with van der Waals surface area (Å²) in [6.45, 7) is 5.63. The molecule has 1 fully saturated rings.